The second kappa shape index (κ2) is 8.37. The van der Waals surface area contributed by atoms with E-state index in [1.54, 1.807) is 47.6 Å². The molecule has 1 fully saturated rings. The molecule has 5 rings (SSSR count). The lowest BCUT2D eigenvalue weighted by atomic mass is 10.1. The summed E-state index contributed by atoms with van der Waals surface area (Å²) in [5.41, 5.74) is 0.229. The van der Waals surface area contributed by atoms with Crippen LogP contribution in [0.15, 0.2) is 70.1 Å². The quantitative estimate of drug-likeness (QED) is 0.482. The summed E-state index contributed by atoms with van der Waals surface area (Å²) in [7, 11) is 0. The van der Waals surface area contributed by atoms with Crippen LogP contribution in [0.4, 0.5) is 4.39 Å². The Balaban J connectivity index is 1.33. The van der Waals surface area contributed by atoms with Crippen LogP contribution in [0.3, 0.4) is 0 Å². The van der Waals surface area contributed by atoms with Gasteiger partial charge in [0.15, 0.2) is 0 Å². The van der Waals surface area contributed by atoms with Gasteiger partial charge in [-0.3, -0.25) is 9.59 Å². The van der Waals surface area contributed by atoms with Crippen molar-refractivity contribution in [2.75, 3.05) is 6.54 Å². The van der Waals surface area contributed by atoms with Gasteiger partial charge >= 0.3 is 0 Å². The van der Waals surface area contributed by atoms with Gasteiger partial charge in [-0.05, 0) is 30.5 Å². The molecule has 3 heterocycles. The molecule has 0 spiro atoms. The largest absolute Gasteiger partial charge is 0.443 e. The summed E-state index contributed by atoms with van der Waals surface area (Å²) in [5.74, 6) is 0.459. The maximum atomic E-state index is 13.9. The van der Waals surface area contributed by atoms with E-state index in [2.05, 4.69) is 10.1 Å². The molecular formula is C24H21FN4O3. The molecular weight excluding hydrogens is 411 g/mol. The van der Waals surface area contributed by atoms with Crippen LogP contribution >= 0.6 is 0 Å². The first-order valence-electron chi connectivity index (χ1n) is 10.5. The lowest BCUT2D eigenvalue weighted by Gasteiger charge is -2.22. The molecule has 7 nitrogen and oxygen atoms in total. The number of rotatable bonds is 5. The van der Waals surface area contributed by atoms with Crippen molar-refractivity contribution >= 4 is 16.7 Å². The first-order valence-corrected chi connectivity index (χ1v) is 10.5. The van der Waals surface area contributed by atoms with Crippen molar-refractivity contribution in [3.8, 4) is 0 Å². The predicted molar refractivity (Wildman–Crippen MR) is 115 cm³/mol. The van der Waals surface area contributed by atoms with Crippen LogP contribution in [-0.4, -0.2) is 32.1 Å². The first-order chi connectivity index (χ1) is 15.6. The van der Waals surface area contributed by atoms with E-state index in [9.17, 15) is 14.0 Å². The number of fused-ring (bicyclic) bond motifs is 1. The zero-order valence-electron chi connectivity index (χ0n) is 17.3. The number of carbonyl (C=O) groups excluding carboxylic acids is 1. The van der Waals surface area contributed by atoms with Gasteiger partial charge in [0.05, 0.1) is 17.8 Å². The fourth-order valence-corrected chi connectivity index (χ4v) is 4.17. The average molecular weight is 432 g/mol. The van der Waals surface area contributed by atoms with Gasteiger partial charge in [-0.2, -0.15) is 5.10 Å². The minimum absolute atomic E-state index is 0.150. The molecule has 0 unspecified atom stereocenters. The van der Waals surface area contributed by atoms with Crippen LogP contribution in [0.1, 0.15) is 36.1 Å². The molecule has 0 bridgehead atoms. The summed E-state index contributed by atoms with van der Waals surface area (Å²) >= 11 is 0. The number of halogens is 1. The average Bonchev–Trinajstić information content (AvgIpc) is 3.47. The van der Waals surface area contributed by atoms with E-state index in [4.69, 9.17) is 4.42 Å². The molecule has 162 valence electrons. The summed E-state index contributed by atoms with van der Waals surface area (Å²) in [6.45, 7) is 0.403. The Morgan fingerprint density at radius 1 is 1.12 bits per heavy atom. The number of nitrogens with zero attached hydrogens (tertiary/aromatic N) is 4. The third-order valence-corrected chi connectivity index (χ3v) is 5.80. The van der Waals surface area contributed by atoms with Gasteiger partial charge in [-0.25, -0.2) is 14.1 Å². The van der Waals surface area contributed by atoms with E-state index in [1.807, 2.05) is 12.1 Å². The minimum atomic E-state index is -0.312. The number of hydrogen-bond acceptors (Lipinski definition) is 5. The van der Waals surface area contributed by atoms with Crippen molar-refractivity contribution in [2.24, 2.45) is 0 Å². The highest BCUT2D eigenvalue weighted by molar-refractivity contribution is 5.81. The minimum Gasteiger partial charge on any atom is -0.443 e. The second-order valence-corrected chi connectivity index (χ2v) is 7.87. The second-order valence-electron chi connectivity index (χ2n) is 7.87. The predicted octanol–water partition coefficient (Wildman–Crippen LogP) is 3.48. The summed E-state index contributed by atoms with van der Waals surface area (Å²) in [5, 5.41) is 5.42. The molecule has 1 aliphatic heterocycles. The van der Waals surface area contributed by atoms with E-state index in [0.29, 0.717) is 35.6 Å². The first kappa shape index (κ1) is 20.1. The van der Waals surface area contributed by atoms with E-state index in [0.717, 1.165) is 11.8 Å². The molecule has 8 heteroatoms. The Morgan fingerprint density at radius 3 is 2.81 bits per heavy atom. The number of carbonyl (C=O) groups is 1. The van der Waals surface area contributed by atoms with Gasteiger partial charge in [-0.15, -0.1) is 0 Å². The molecule has 0 N–H and O–H groups in total. The van der Waals surface area contributed by atoms with Crippen LogP contribution in [0.25, 0.3) is 10.8 Å². The number of benzene rings is 2. The SMILES string of the molecule is O=C(Cn1ncc2ccccc2c1=O)N1CCC[C@@H]1c1ncc(Cc2ccccc2F)o1. The highest BCUT2D eigenvalue weighted by Crippen LogP contribution is 2.32. The van der Waals surface area contributed by atoms with Gasteiger partial charge in [-0.1, -0.05) is 36.4 Å². The smallest absolute Gasteiger partial charge is 0.275 e. The zero-order valence-corrected chi connectivity index (χ0v) is 17.3. The van der Waals surface area contributed by atoms with Crippen LogP contribution in [-0.2, 0) is 17.8 Å². The van der Waals surface area contributed by atoms with E-state index in [-0.39, 0.29) is 36.3 Å². The van der Waals surface area contributed by atoms with Gasteiger partial charge < -0.3 is 9.32 Å². The molecule has 4 aromatic rings. The van der Waals surface area contributed by atoms with Gasteiger partial charge in [0.1, 0.15) is 24.2 Å². The number of aromatic nitrogens is 3. The van der Waals surface area contributed by atoms with Crippen molar-refractivity contribution in [1.82, 2.24) is 19.7 Å². The van der Waals surface area contributed by atoms with E-state index in [1.165, 1.54) is 10.7 Å². The highest BCUT2D eigenvalue weighted by atomic mass is 19.1. The van der Waals surface area contributed by atoms with Crippen molar-refractivity contribution < 1.29 is 13.6 Å². The molecule has 1 amide bonds. The standard InChI is InChI=1S/C24H21FN4O3/c25-20-9-4-2-6-16(20)12-18-14-26-23(32-18)21-10-5-11-28(21)22(30)15-29-24(31)19-8-3-1-7-17(19)13-27-29/h1-4,6-9,13-14,21H,5,10-12,15H2/t21-/m1/s1. The third-order valence-electron chi connectivity index (χ3n) is 5.80. The van der Waals surface area contributed by atoms with Crippen molar-refractivity contribution in [1.29, 1.82) is 0 Å². The molecule has 32 heavy (non-hydrogen) atoms. The van der Waals surface area contributed by atoms with Gasteiger partial charge in [0.2, 0.25) is 11.8 Å². The fourth-order valence-electron chi connectivity index (χ4n) is 4.17. The molecule has 2 aromatic heterocycles. The summed E-state index contributed by atoms with van der Waals surface area (Å²) in [6, 6.07) is 13.4. The van der Waals surface area contributed by atoms with Crippen LogP contribution in [0.5, 0.6) is 0 Å². The summed E-state index contributed by atoms with van der Waals surface area (Å²) in [6.07, 6.45) is 4.98. The normalized spacial score (nSPS) is 16.0. The van der Waals surface area contributed by atoms with E-state index < -0.39 is 0 Å². The Morgan fingerprint density at radius 2 is 1.94 bits per heavy atom. The lowest BCUT2D eigenvalue weighted by molar-refractivity contribution is -0.133. The monoisotopic (exact) mass is 432 g/mol. The number of oxazole rings is 1. The number of hydrogen-bond donors (Lipinski definition) is 0. The van der Waals surface area contributed by atoms with E-state index >= 15 is 0 Å². The Bertz CT molecular complexity index is 1350. The molecule has 1 aliphatic rings. The van der Waals surface area contributed by atoms with Gasteiger partial charge in [0.25, 0.3) is 5.56 Å². The molecule has 1 saturated heterocycles. The maximum absolute atomic E-state index is 13.9. The summed E-state index contributed by atoms with van der Waals surface area (Å²) in [4.78, 5) is 31.8. The zero-order chi connectivity index (χ0) is 22.1. The van der Waals surface area contributed by atoms with Crippen molar-refractivity contribution in [3.63, 3.8) is 0 Å². The molecule has 0 aliphatic carbocycles. The Kier molecular flexibility index (Phi) is 5.26. The Hall–Kier alpha value is -3.81. The maximum Gasteiger partial charge on any atom is 0.275 e. The van der Waals surface area contributed by atoms with Crippen LogP contribution in [0.2, 0.25) is 0 Å². The number of likely N-dealkylation sites (tertiary alicyclic amines) is 1. The molecule has 1 atom stereocenters. The van der Waals surface area contributed by atoms with Gasteiger partial charge in [0, 0.05) is 18.4 Å². The lowest BCUT2D eigenvalue weighted by Crippen LogP contribution is -2.37. The topological polar surface area (TPSA) is 81.2 Å². The highest BCUT2D eigenvalue weighted by Gasteiger charge is 2.33. The van der Waals surface area contributed by atoms with Crippen molar-refractivity contribution in [3.05, 3.63) is 94.3 Å². The fraction of sp³-hybridized carbons (Fsp3) is 0.250. The molecule has 2 aromatic carbocycles. The number of amides is 1. The summed E-state index contributed by atoms with van der Waals surface area (Å²) < 4.78 is 21.0. The molecule has 0 saturated carbocycles. The Labute approximate surface area is 183 Å². The molecule has 0 radical (unpaired) electrons. The third kappa shape index (κ3) is 3.79. The van der Waals surface area contributed by atoms with Crippen molar-refractivity contribution in [2.45, 2.75) is 31.8 Å². The van der Waals surface area contributed by atoms with Crippen LogP contribution in [0, 0.1) is 5.82 Å². The van der Waals surface area contributed by atoms with Crippen LogP contribution < -0.4 is 5.56 Å².